The number of carbonyl (C=O) groups is 3. The number of phenols is 1. The predicted molar refractivity (Wildman–Crippen MR) is 133 cm³/mol. The Morgan fingerprint density at radius 2 is 1.57 bits per heavy atom. The van der Waals surface area contributed by atoms with Crippen molar-refractivity contribution in [2.24, 2.45) is 0 Å². The number of nitrogens with one attached hydrogen (secondary N) is 2. The molecule has 1 aliphatic rings. The van der Waals surface area contributed by atoms with E-state index in [4.69, 9.17) is 9.84 Å². The van der Waals surface area contributed by atoms with Crippen LogP contribution in [0.1, 0.15) is 29.9 Å². The van der Waals surface area contributed by atoms with E-state index in [1.807, 2.05) is 48.5 Å². The summed E-state index contributed by atoms with van der Waals surface area (Å²) in [6.07, 6.45) is -1.33. The second-order valence-corrected chi connectivity index (χ2v) is 8.93. The third-order valence-electron chi connectivity index (χ3n) is 5.84. The van der Waals surface area contributed by atoms with Crippen LogP contribution < -0.4 is 10.6 Å². The molecule has 180 valence electrons. The van der Waals surface area contributed by atoms with Crippen LogP contribution in [-0.2, 0) is 14.3 Å². The van der Waals surface area contributed by atoms with Crippen molar-refractivity contribution in [3.05, 3.63) is 82.3 Å². The molecule has 1 atom stereocenters. The highest BCUT2D eigenvalue weighted by molar-refractivity contribution is 9.10. The van der Waals surface area contributed by atoms with Crippen LogP contribution in [0, 0.1) is 0 Å². The fourth-order valence-electron chi connectivity index (χ4n) is 4.16. The fraction of sp³-hybridized carbons (Fsp3) is 0.192. The Morgan fingerprint density at radius 1 is 0.943 bits per heavy atom. The highest BCUT2D eigenvalue weighted by Crippen LogP contribution is 2.44. The van der Waals surface area contributed by atoms with Crippen LogP contribution in [0.25, 0.3) is 11.1 Å². The Morgan fingerprint density at radius 3 is 2.20 bits per heavy atom. The molecule has 0 radical (unpaired) electrons. The summed E-state index contributed by atoms with van der Waals surface area (Å²) in [4.78, 5) is 36.5. The molecule has 8 nitrogen and oxygen atoms in total. The van der Waals surface area contributed by atoms with Gasteiger partial charge in [-0.3, -0.25) is 9.59 Å². The van der Waals surface area contributed by atoms with Gasteiger partial charge in [-0.05, 0) is 56.7 Å². The van der Waals surface area contributed by atoms with Gasteiger partial charge in [-0.15, -0.1) is 0 Å². The molecule has 3 aromatic rings. The molecule has 2 amide bonds. The van der Waals surface area contributed by atoms with Crippen LogP contribution in [0.3, 0.4) is 0 Å². The van der Waals surface area contributed by atoms with Crippen molar-refractivity contribution in [1.82, 2.24) is 5.32 Å². The van der Waals surface area contributed by atoms with E-state index in [0.29, 0.717) is 4.47 Å². The number of alkyl carbamates (subject to hydrolysis) is 1. The van der Waals surface area contributed by atoms with Crippen LogP contribution in [0.5, 0.6) is 5.75 Å². The number of phenolic OH excluding ortho intramolecular Hbond substituents is 1. The Hall–Kier alpha value is -3.85. The van der Waals surface area contributed by atoms with Crippen molar-refractivity contribution in [1.29, 1.82) is 0 Å². The molecule has 1 unspecified atom stereocenters. The molecule has 0 aromatic heterocycles. The zero-order chi connectivity index (χ0) is 24.9. The van der Waals surface area contributed by atoms with Gasteiger partial charge in [0.2, 0.25) is 5.91 Å². The number of anilines is 1. The van der Waals surface area contributed by atoms with E-state index < -0.39 is 24.0 Å². The first-order valence-corrected chi connectivity index (χ1v) is 11.8. The molecular formula is C26H23BrN2O6. The minimum atomic E-state index is -1.18. The van der Waals surface area contributed by atoms with Crippen LogP contribution in [0.4, 0.5) is 10.5 Å². The van der Waals surface area contributed by atoms with Gasteiger partial charge in [-0.25, -0.2) is 4.79 Å². The molecule has 0 bridgehead atoms. The van der Waals surface area contributed by atoms with E-state index in [9.17, 15) is 19.5 Å². The molecule has 0 saturated carbocycles. The van der Waals surface area contributed by atoms with Crippen molar-refractivity contribution in [3.8, 4) is 16.9 Å². The molecule has 3 aromatic carbocycles. The third kappa shape index (κ3) is 5.46. The second-order valence-electron chi connectivity index (χ2n) is 8.08. The van der Waals surface area contributed by atoms with E-state index in [-0.39, 0.29) is 36.8 Å². The first-order valence-electron chi connectivity index (χ1n) is 11.0. The molecule has 9 heteroatoms. The minimum absolute atomic E-state index is 0.0551. The summed E-state index contributed by atoms with van der Waals surface area (Å²) >= 11 is 3.17. The monoisotopic (exact) mass is 538 g/mol. The topological polar surface area (TPSA) is 125 Å². The number of fused-ring (bicyclic) bond motifs is 3. The van der Waals surface area contributed by atoms with E-state index in [1.165, 1.54) is 6.07 Å². The summed E-state index contributed by atoms with van der Waals surface area (Å²) in [7, 11) is 0. The van der Waals surface area contributed by atoms with Gasteiger partial charge in [-0.2, -0.15) is 0 Å². The third-order valence-corrected chi connectivity index (χ3v) is 6.48. The number of halogens is 1. The standard InChI is InChI=1S/C26H23BrN2O6/c27-20-10-5-11-21(24(20)32)28-25(33)22(12-13-23(30)31)29-26(34)35-14-19-17-8-3-1-6-15(17)16-7-2-4-9-18(16)19/h1-11,19,22,32H,12-14H2,(H,28,33)(H,29,34)(H,30,31). The lowest BCUT2D eigenvalue weighted by molar-refractivity contribution is -0.137. The van der Waals surface area contributed by atoms with Crippen molar-refractivity contribution in [2.45, 2.75) is 24.8 Å². The smallest absolute Gasteiger partial charge is 0.407 e. The van der Waals surface area contributed by atoms with Crippen molar-refractivity contribution >= 4 is 39.6 Å². The van der Waals surface area contributed by atoms with Gasteiger partial charge in [0, 0.05) is 12.3 Å². The maximum atomic E-state index is 12.8. The van der Waals surface area contributed by atoms with E-state index in [2.05, 4.69) is 26.6 Å². The summed E-state index contributed by atoms with van der Waals surface area (Å²) in [5.41, 5.74) is 4.40. The molecule has 0 fully saturated rings. The van der Waals surface area contributed by atoms with Crippen LogP contribution >= 0.6 is 15.9 Å². The molecule has 4 N–H and O–H groups in total. The van der Waals surface area contributed by atoms with Crippen molar-refractivity contribution in [2.75, 3.05) is 11.9 Å². The lowest BCUT2D eigenvalue weighted by Crippen LogP contribution is -2.44. The number of carboxylic acids is 1. The molecule has 0 saturated heterocycles. The Labute approximate surface area is 210 Å². The number of benzene rings is 3. The highest BCUT2D eigenvalue weighted by Gasteiger charge is 2.30. The zero-order valence-electron chi connectivity index (χ0n) is 18.5. The van der Waals surface area contributed by atoms with Gasteiger partial charge in [0.15, 0.2) is 5.75 Å². The van der Waals surface area contributed by atoms with Gasteiger partial charge in [0.25, 0.3) is 0 Å². The summed E-state index contributed by atoms with van der Waals surface area (Å²) in [5, 5.41) is 24.2. The first kappa shape index (κ1) is 24.3. The number of hydrogen-bond acceptors (Lipinski definition) is 5. The van der Waals surface area contributed by atoms with Gasteiger partial charge >= 0.3 is 12.1 Å². The maximum absolute atomic E-state index is 12.8. The Kier molecular flexibility index (Phi) is 7.36. The Balaban J connectivity index is 1.44. The maximum Gasteiger partial charge on any atom is 0.407 e. The SMILES string of the molecule is O=C(O)CCC(NC(=O)OCC1c2ccccc2-c2ccccc21)C(=O)Nc1cccc(Br)c1O. The fourth-order valence-corrected chi connectivity index (χ4v) is 4.52. The Bertz CT molecular complexity index is 1230. The largest absolute Gasteiger partial charge is 0.505 e. The number of aliphatic carboxylic acids is 1. The number of carboxylic acid groups (broad SMARTS) is 1. The molecule has 0 spiro atoms. The molecular weight excluding hydrogens is 516 g/mol. The average Bonchev–Trinajstić information content (AvgIpc) is 3.17. The summed E-state index contributed by atoms with van der Waals surface area (Å²) in [6.45, 7) is 0.0551. The van der Waals surface area contributed by atoms with Crippen molar-refractivity contribution < 1.29 is 29.3 Å². The lowest BCUT2D eigenvalue weighted by Gasteiger charge is -2.20. The number of amides is 2. The second kappa shape index (κ2) is 10.6. The van der Waals surface area contributed by atoms with Gasteiger partial charge in [0.05, 0.1) is 10.2 Å². The quantitative estimate of drug-likeness (QED) is 0.303. The highest BCUT2D eigenvalue weighted by atomic mass is 79.9. The number of rotatable bonds is 8. The van der Waals surface area contributed by atoms with Crippen molar-refractivity contribution in [3.63, 3.8) is 0 Å². The molecule has 1 aliphatic carbocycles. The molecule has 35 heavy (non-hydrogen) atoms. The van der Waals surface area contributed by atoms with Gasteiger partial charge in [-0.1, -0.05) is 54.6 Å². The first-order chi connectivity index (χ1) is 16.8. The van der Waals surface area contributed by atoms with Gasteiger partial charge < -0.3 is 25.6 Å². The number of ether oxygens (including phenoxy) is 1. The molecule has 0 heterocycles. The van der Waals surface area contributed by atoms with Crippen LogP contribution in [0.15, 0.2) is 71.2 Å². The minimum Gasteiger partial charge on any atom is -0.505 e. The number of carbonyl (C=O) groups excluding carboxylic acids is 2. The number of aromatic hydroxyl groups is 1. The zero-order valence-corrected chi connectivity index (χ0v) is 20.1. The van der Waals surface area contributed by atoms with E-state index in [0.717, 1.165) is 22.3 Å². The van der Waals surface area contributed by atoms with Gasteiger partial charge in [0.1, 0.15) is 12.6 Å². The molecule has 4 rings (SSSR count). The van der Waals surface area contributed by atoms with Crippen LogP contribution in [0.2, 0.25) is 0 Å². The lowest BCUT2D eigenvalue weighted by atomic mass is 9.98. The summed E-state index contributed by atoms with van der Waals surface area (Å²) in [5.74, 6) is -2.12. The number of para-hydroxylation sites is 1. The van der Waals surface area contributed by atoms with E-state index in [1.54, 1.807) is 12.1 Å². The molecule has 0 aliphatic heterocycles. The normalized spacial score (nSPS) is 12.8. The summed E-state index contributed by atoms with van der Waals surface area (Å²) in [6, 6.07) is 19.3. The van der Waals surface area contributed by atoms with Crippen LogP contribution in [-0.4, -0.2) is 40.8 Å². The summed E-state index contributed by atoms with van der Waals surface area (Å²) < 4.78 is 5.86. The predicted octanol–water partition coefficient (Wildman–Crippen LogP) is 4.87. The number of hydrogen-bond donors (Lipinski definition) is 4. The van der Waals surface area contributed by atoms with E-state index >= 15 is 0 Å². The average molecular weight is 539 g/mol.